The topological polar surface area (TPSA) is 62.7 Å². The van der Waals surface area contributed by atoms with Crippen LogP contribution in [0.5, 0.6) is 0 Å². The Morgan fingerprint density at radius 3 is 2.83 bits per heavy atom. The molecule has 1 atom stereocenters. The molecule has 0 spiro atoms. The van der Waals surface area contributed by atoms with E-state index < -0.39 is 0 Å². The van der Waals surface area contributed by atoms with Gasteiger partial charge in [0.15, 0.2) is 0 Å². The SMILES string of the molecule is c1ccc(CNc2ccnc(C3CNc4ncccc43)n2)cc1. The van der Waals surface area contributed by atoms with Gasteiger partial charge in [-0.1, -0.05) is 36.4 Å². The summed E-state index contributed by atoms with van der Waals surface area (Å²) in [6.45, 7) is 1.53. The largest absolute Gasteiger partial charge is 0.369 e. The van der Waals surface area contributed by atoms with Crippen molar-refractivity contribution in [3.05, 3.63) is 77.9 Å². The van der Waals surface area contributed by atoms with Crippen LogP contribution in [0.2, 0.25) is 0 Å². The molecule has 3 aromatic rings. The Morgan fingerprint density at radius 1 is 1.00 bits per heavy atom. The third-order valence-corrected chi connectivity index (χ3v) is 3.99. The highest BCUT2D eigenvalue weighted by Crippen LogP contribution is 2.32. The highest BCUT2D eigenvalue weighted by Gasteiger charge is 2.26. The molecular weight excluding hydrogens is 286 g/mol. The lowest BCUT2D eigenvalue weighted by molar-refractivity contribution is 0.807. The number of hydrogen-bond donors (Lipinski definition) is 2. The normalized spacial score (nSPS) is 15.7. The van der Waals surface area contributed by atoms with Crippen molar-refractivity contribution >= 4 is 11.6 Å². The summed E-state index contributed by atoms with van der Waals surface area (Å²) >= 11 is 0. The molecule has 23 heavy (non-hydrogen) atoms. The number of fused-ring (bicyclic) bond motifs is 1. The van der Waals surface area contributed by atoms with Crippen LogP contribution in [0.4, 0.5) is 11.6 Å². The maximum Gasteiger partial charge on any atom is 0.140 e. The molecular formula is C18H17N5. The van der Waals surface area contributed by atoms with Gasteiger partial charge in [0.2, 0.25) is 0 Å². The van der Waals surface area contributed by atoms with Gasteiger partial charge >= 0.3 is 0 Å². The van der Waals surface area contributed by atoms with E-state index in [2.05, 4.69) is 43.8 Å². The van der Waals surface area contributed by atoms with Crippen LogP contribution < -0.4 is 10.6 Å². The Morgan fingerprint density at radius 2 is 1.91 bits per heavy atom. The first-order valence-electron chi connectivity index (χ1n) is 7.70. The molecule has 4 rings (SSSR count). The molecule has 5 nitrogen and oxygen atoms in total. The fraction of sp³-hybridized carbons (Fsp3) is 0.167. The third-order valence-electron chi connectivity index (χ3n) is 3.99. The van der Waals surface area contributed by atoms with Gasteiger partial charge in [-0.2, -0.15) is 0 Å². The zero-order valence-electron chi connectivity index (χ0n) is 12.6. The van der Waals surface area contributed by atoms with Crippen molar-refractivity contribution in [1.82, 2.24) is 15.0 Å². The number of benzene rings is 1. The second-order valence-corrected chi connectivity index (χ2v) is 5.51. The van der Waals surface area contributed by atoms with E-state index >= 15 is 0 Å². The number of hydrogen-bond acceptors (Lipinski definition) is 5. The molecule has 2 aromatic heterocycles. The molecule has 0 saturated heterocycles. The average molecular weight is 303 g/mol. The van der Waals surface area contributed by atoms with Crippen molar-refractivity contribution in [2.75, 3.05) is 17.2 Å². The lowest BCUT2D eigenvalue weighted by Crippen LogP contribution is -2.10. The van der Waals surface area contributed by atoms with E-state index in [1.807, 2.05) is 36.5 Å². The molecule has 0 saturated carbocycles. The monoisotopic (exact) mass is 303 g/mol. The van der Waals surface area contributed by atoms with Gasteiger partial charge in [-0.15, -0.1) is 0 Å². The summed E-state index contributed by atoms with van der Waals surface area (Å²) in [7, 11) is 0. The minimum atomic E-state index is 0.150. The fourth-order valence-corrected chi connectivity index (χ4v) is 2.81. The Kier molecular flexibility index (Phi) is 3.60. The quantitative estimate of drug-likeness (QED) is 0.775. The van der Waals surface area contributed by atoms with Crippen LogP contribution in [0.15, 0.2) is 60.9 Å². The van der Waals surface area contributed by atoms with E-state index in [0.717, 1.165) is 36.1 Å². The highest BCUT2D eigenvalue weighted by atomic mass is 15.1. The Labute approximate surface area is 134 Å². The van der Waals surface area contributed by atoms with E-state index in [4.69, 9.17) is 0 Å². The van der Waals surface area contributed by atoms with Crippen molar-refractivity contribution < 1.29 is 0 Å². The highest BCUT2D eigenvalue weighted by molar-refractivity contribution is 5.54. The summed E-state index contributed by atoms with van der Waals surface area (Å²) in [5.74, 6) is 2.75. The number of pyridine rings is 1. The molecule has 3 heterocycles. The number of nitrogens with one attached hydrogen (secondary N) is 2. The second-order valence-electron chi connectivity index (χ2n) is 5.51. The Hall–Kier alpha value is -2.95. The molecule has 1 aliphatic rings. The number of aromatic nitrogens is 3. The zero-order valence-corrected chi connectivity index (χ0v) is 12.6. The minimum Gasteiger partial charge on any atom is -0.369 e. The summed E-state index contributed by atoms with van der Waals surface area (Å²) in [4.78, 5) is 13.5. The molecule has 0 amide bonds. The zero-order chi connectivity index (χ0) is 15.5. The van der Waals surface area contributed by atoms with Crippen LogP contribution in [-0.4, -0.2) is 21.5 Å². The Balaban J connectivity index is 1.53. The minimum absolute atomic E-state index is 0.150. The van der Waals surface area contributed by atoms with Gasteiger partial charge in [-0.05, 0) is 17.7 Å². The van der Waals surface area contributed by atoms with E-state index in [1.165, 1.54) is 5.56 Å². The summed E-state index contributed by atoms with van der Waals surface area (Å²) in [5, 5.41) is 6.68. The van der Waals surface area contributed by atoms with Crippen molar-refractivity contribution in [3.8, 4) is 0 Å². The molecule has 2 N–H and O–H groups in total. The Bertz CT molecular complexity index is 803. The molecule has 1 aliphatic heterocycles. The summed E-state index contributed by atoms with van der Waals surface area (Å²) in [5.41, 5.74) is 2.39. The summed E-state index contributed by atoms with van der Waals surface area (Å²) in [6.07, 6.45) is 3.61. The van der Waals surface area contributed by atoms with Crippen LogP contribution in [-0.2, 0) is 6.54 Å². The van der Waals surface area contributed by atoms with Gasteiger partial charge in [-0.25, -0.2) is 15.0 Å². The number of anilines is 2. The van der Waals surface area contributed by atoms with Crippen LogP contribution in [0.1, 0.15) is 22.9 Å². The van der Waals surface area contributed by atoms with E-state index in [9.17, 15) is 0 Å². The molecule has 0 fully saturated rings. The van der Waals surface area contributed by atoms with Crippen LogP contribution in [0.3, 0.4) is 0 Å². The smallest absolute Gasteiger partial charge is 0.140 e. The first-order valence-corrected chi connectivity index (χ1v) is 7.70. The molecule has 0 bridgehead atoms. The van der Waals surface area contributed by atoms with Crippen molar-refractivity contribution in [3.63, 3.8) is 0 Å². The molecule has 1 unspecified atom stereocenters. The number of nitrogens with zero attached hydrogens (tertiary/aromatic N) is 3. The second kappa shape index (κ2) is 6.04. The maximum atomic E-state index is 4.68. The van der Waals surface area contributed by atoms with E-state index in [-0.39, 0.29) is 5.92 Å². The van der Waals surface area contributed by atoms with Crippen LogP contribution in [0.25, 0.3) is 0 Å². The van der Waals surface area contributed by atoms with Crippen molar-refractivity contribution in [2.45, 2.75) is 12.5 Å². The predicted octanol–water partition coefficient (Wildman–Crippen LogP) is 3.04. The standard InChI is InChI=1S/C18H17N5/c1-2-5-13(6-3-1)11-21-16-8-10-20-18(23-16)15-12-22-17-14(15)7-4-9-19-17/h1-10,15H,11-12H2,(H,19,22)(H,20,21,23). The summed E-state index contributed by atoms with van der Waals surface area (Å²) in [6, 6.07) is 16.2. The fourth-order valence-electron chi connectivity index (χ4n) is 2.81. The maximum absolute atomic E-state index is 4.68. The molecule has 5 heteroatoms. The first-order chi connectivity index (χ1) is 11.4. The molecule has 0 radical (unpaired) electrons. The lowest BCUT2D eigenvalue weighted by atomic mass is 10.0. The lowest BCUT2D eigenvalue weighted by Gasteiger charge is -2.11. The van der Waals surface area contributed by atoms with E-state index in [0.29, 0.717) is 0 Å². The van der Waals surface area contributed by atoms with Gasteiger partial charge in [0.1, 0.15) is 17.5 Å². The van der Waals surface area contributed by atoms with Gasteiger partial charge in [0.25, 0.3) is 0 Å². The van der Waals surface area contributed by atoms with Crippen molar-refractivity contribution in [2.24, 2.45) is 0 Å². The van der Waals surface area contributed by atoms with Crippen molar-refractivity contribution in [1.29, 1.82) is 0 Å². The molecule has 0 aliphatic carbocycles. The molecule has 1 aromatic carbocycles. The van der Waals surface area contributed by atoms with Gasteiger partial charge < -0.3 is 10.6 Å². The summed E-state index contributed by atoms with van der Waals surface area (Å²) < 4.78 is 0. The van der Waals surface area contributed by atoms with Gasteiger partial charge in [0, 0.05) is 31.0 Å². The molecule has 114 valence electrons. The van der Waals surface area contributed by atoms with E-state index in [1.54, 1.807) is 6.20 Å². The van der Waals surface area contributed by atoms with Crippen LogP contribution >= 0.6 is 0 Å². The predicted molar refractivity (Wildman–Crippen MR) is 90.4 cm³/mol. The third kappa shape index (κ3) is 2.85. The van der Waals surface area contributed by atoms with Gasteiger partial charge in [-0.3, -0.25) is 0 Å². The average Bonchev–Trinajstić information content (AvgIpc) is 3.05. The van der Waals surface area contributed by atoms with Gasteiger partial charge in [0.05, 0.1) is 5.92 Å². The number of rotatable bonds is 4. The van der Waals surface area contributed by atoms with Crippen LogP contribution in [0, 0.1) is 0 Å². The first kappa shape index (κ1) is 13.7.